The molecule has 0 amide bonds. The molecule has 0 aliphatic carbocycles. The molecule has 0 unspecified atom stereocenters. The van der Waals surface area contributed by atoms with Crippen LogP contribution in [-0.4, -0.2) is 6.10 Å². The summed E-state index contributed by atoms with van der Waals surface area (Å²) in [6.07, 6.45) is 0.260. The number of para-hydroxylation sites is 1. The van der Waals surface area contributed by atoms with Crippen molar-refractivity contribution in [3.8, 4) is 5.75 Å². The van der Waals surface area contributed by atoms with Gasteiger partial charge in [0.15, 0.2) is 0 Å². The summed E-state index contributed by atoms with van der Waals surface area (Å²) < 4.78 is 5.54. The van der Waals surface area contributed by atoms with Gasteiger partial charge in [0.2, 0.25) is 0 Å². The molecule has 0 fully saturated rings. The second-order valence-corrected chi connectivity index (χ2v) is 2.93. The van der Waals surface area contributed by atoms with Crippen LogP contribution < -0.4 is 4.74 Å². The van der Waals surface area contributed by atoms with Crippen LogP contribution in [0.25, 0.3) is 0 Å². The Kier molecular flexibility index (Phi) is 8.18. The fourth-order valence-corrected chi connectivity index (χ4v) is 0.943. The van der Waals surface area contributed by atoms with Crippen LogP contribution >= 0.6 is 24.8 Å². The van der Waals surface area contributed by atoms with Crippen molar-refractivity contribution in [3.63, 3.8) is 0 Å². The summed E-state index contributed by atoms with van der Waals surface area (Å²) in [5.74, 6) is 0.988. The lowest BCUT2D eigenvalue weighted by Gasteiger charge is -2.11. The van der Waals surface area contributed by atoms with E-state index in [1.165, 1.54) is 5.56 Å². The number of rotatable bonds is 2. The molecule has 0 aromatic heterocycles. The molecule has 1 nitrogen and oxygen atoms in total. The van der Waals surface area contributed by atoms with Gasteiger partial charge in [0.25, 0.3) is 0 Å². The maximum Gasteiger partial charge on any atom is 0.122 e. The van der Waals surface area contributed by atoms with Crippen molar-refractivity contribution in [2.45, 2.75) is 26.9 Å². The maximum atomic E-state index is 5.54. The summed E-state index contributed by atoms with van der Waals surface area (Å²) in [6, 6.07) is 8.06. The Morgan fingerprint density at radius 3 is 2.08 bits per heavy atom. The Bertz CT molecular complexity index is 236. The van der Waals surface area contributed by atoms with Crippen LogP contribution in [0.5, 0.6) is 5.75 Å². The Labute approximate surface area is 92.3 Å². The van der Waals surface area contributed by atoms with Gasteiger partial charge in [-0.05, 0) is 32.4 Å². The highest BCUT2D eigenvalue weighted by Gasteiger charge is 1.98. The number of halogens is 2. The fourth-order valence-electron chi connectivity index (χ4n) is 0.943. The molecule has 13 heavy (non-hydrogen) atoms. The third-order valence-electron chi connectivity index (χ3n) is 1.46. The number of hydrogen-bond acceptors (Lipinski definition) is 1. The molecule has 0 N–H and O–H groups in total. The van der Waals surface area contributed by atoms with Crippen molar-refractivity contribution in [1.82, 2.24) is 0 Å². The molecular weight excluding hydrogens is 207 g/mol. The van der Waals surface area contributed by atoms with Crippen LogP contribution in [0.2, 0.25) is 0 Å². The summed E-state index contributed by atoms with van der Waals surface area (Å²) in [7, 11) is 0. The van der Waals surface area contributed by atoms with Crippen LogP contribution in [-0.2, 0) is 0 Å². The van der Waals surface area contributed by atoms with Gasteiger partial charge in [-0.25, -0.2) is 0 Å². The monoisotopic (exact) mass is 222 g/mol. The van der Waals surface area contributed by atoms with Gasteiger partial charge >= 0.3 is 0 Å². The SMILES string of the molecule is Cc1ccccc1OC(C)C.Cl.Cl. The average Bonchev–Trinajstić information content (AvgIpc) is 1.93. The second-order valence-electron chi connectivity index (χ2n) is 2.93. The number of ether oxygens (including phenoxy) is 1. The third kappa shape index (κ3) is 5.02. The van der Waals surface area contributed by atoms with Gasteiger partial charge in [0.1, 0.15) is 5.75 Å². The molecule has 0 saturated heterocycles. The van der Waals surface area contributed by atoms with E-state index in [4.69, 9.17) is 4.74 Å². The topological polar surface area (TPSA) is 9.23 Å². The summed E-state index contributed by atoms with van der Waals surface area (Å²) in [4.78, 5) is 0. The van der Waals surface area contributed by atoms with E-state index in [9.17, 15) is 0 Å². The minimum atomic E-state index is 0. The van der Waals surface area contributed by atoms with E-state index < -0.39 is 0 Å². The Morgan fingerprint density at radius 2 is 1.62 bits per heavy atom. The van der Waals surface area contributed by atoms with Crippen LogP contribution in [0.15, 0.2) is 24.3 Å². The van der Waals surface area contributed by atoms with E-state index >= 15 is 0 Å². The zero-order chi connectivity index (χ0) is 8.27. The molecule has 0 spiro atoms. The molecule has 0 saturated carbocycles. The number of benzene rings is 1. The highest BCUT2D eigenvalue weighted by molar-refractivity contribution is 5.85. The molecule has 0 radical (unpaired) electrons. The highest BCUT2D eigenvalue weighted by Crippen LogP contribution is 2.17. The minimum Gasteiger partial charge on any atom is -0.491 e. The van der Waals surface area contributed by atoms with E-state index in [2.05, 4.69) is 13.0 Å². The second kappa shape index (κ2) is 7.05. The van der Waals surface area contributed by atoms with E-state index in [-0.39, 0.29) is 30.9 Å². The number of aryl methyl sites for hydroxylation is 1. The van der Waals surface area contributed by atoms with Gasteiger partial charge < -0.3 is 4.74 Å². The molecule has 3 heteroatoms. The van der Waals surface area contributed by atoms with E-state index in [0.717, 1.165) is 5.75 Å². The summed E-state index contributed by atoms with van der Waals surface area (Å²) in [5, 5.41) is 0. The van der Waals surface area contributed by atoms with E-state index in [1.807, 2.05) is 32.0 Å². The van der Waals surface area contributed by atoms with Gasteiger partial charge in [0, 0.05) is 0 Å². The van der Waals surface area contributed by atoms with Crippen LogP contribution in [0, 0.1) is 6.92 Å². The van der Waals surface area contributed by atoms with Crippen molar-refractivity contribution < 1.29 is 4.74 Å². The van der Waals surface area contributed by atoms with E-state index in [1.54, 1.807) is 0 Å². The van der Waals surface area contributed by atoms with Crippen LogP contribution in [0.4, 0.5) is 0 Å². The lowest BCUT2D eigenvalue weighted by molar-refractivity contribution is 0.241. The fraction of sp³-hybridized carbons (Fsp3) is 0.400. The quantitative estimate of drug-likeness (QED) is 0.743. The minimum absolute atomic E-state index is 0. The van der Waals surface area contributed by atoms with Gasteiger partial charge in [-0.15, -0.1) is 24.8 Å². The summed E-state index contributed by atoms with van der Waals surface area (Å²) in [6.45, 7) is 6.12. The molecule has 1 aromatic rings. The standard InChI is InChI=1S/C10H14O.2ClH/c1-8(2)11-10-7-5-4-6-9(10)3;;/h4-8H,1-3H3;2*1H. The lowest BCUT2D eigenvalue weighted by Crippen LogP contribution is -2.06. The molecule has 0 bridgehead atoms. The average molecular weight is 223 g/mol. The predicted octanol–water partition coefficient (Wildman–Crippen LogP) is 3.63. The summed E-state index contributed by atoms with van der Waals surface area (Å²) in [5.41, 5.74) is 1.20. The van der Waals surface area contributed by atoms with E-state index in [0.29, 0.717) is 0 Å². The van der Waals surface area contributed by atoms with Crippen LogP contribution in [0.1, 0.15) is 19.4 Å². The molecule has 0 heterocycles. The molecule has 0 aliphatic heterocycles. The van der Waals surface area contributed by atoms with Crippen molar-refractivity contribution in [2.75, 3.05) is 0 Å². The highest BCUT2D eigenvalue weighted by atomic mass is 35.5. The van der Waals surface area contributed by atoms with Gasteiger partial charge in [-0.3, -0.25) is 0 Å². The molecule has 1 aromatic carbocycles. The van der Waals surface area contributed by atoms with Crippen molar-refractivity contribution >= 4 is 24.8 Å². The first-order valence-electron chi connectivity index (χ1n) is 3.92. The molecule has 1 rings (SSSR count). The van der Waals surface area contributed by atoms with Gasteiger partial charge in [0.05, 0.1) is 6.10 Å². The zero-order valence-electron chi connectivity index (χ0n) is 8.11. The lowest BCUT2D eigenvalue weighted by atomic mass is 10.2. The first kappa shape index (κ1) is 15.1. The zero-order valence-corrected chi connectivity index (χ0v) is 9.74. The largest absolute Gasteiger partial charge is 0.491 e. The van der Waals surface area contributed by atoms with Gasteiger partial charge in [-0.1, -0.05) is 18.2 Å². The van der Waals surface area contributed by atoms with Crippen molar-refractivity contribution in [1.29, 1.82) is 0 Å². The Hall–Kier alpha value is -0.400. The molecule has 0 atom stereocenters. The van der Waals surface area contributed by atoms with Crippen molar-refractivity contribution in [2.24, 2.45) is 0 Å². The Morgan fingerprint density at radius 1 is 1.08 bits per heavy atom. The van der Waals surface area contributed by atoms with Crippen molar-refractivity contribution in [3.05, 3.63) is 29.8 Å². The third-order valence-corrected chi connectivity index (χ3v) is 1.46. The number of hydrogen-bond donors (Lipinski definition) is 0. The smallest absolute Gasteiger partial charge is 0.122 e. The normalized spacial score (nSPS) is 8.62. The first-order chi connectivity index (χ1) is 5.20. The molecular formula is C10H16Cl2O. The summed E-state index contributed by atoms with van der Waals surface area (Å²) >= 11 is 0. The predicted molar refractivity (Wildman–Crippen MR) is 61.4 cm³/mol. The maximum absolute atomic E-state index is 5.54. The van der Waals surface area contributed by atoms with Gasteiger partial charge in [-0.2, -0.15) is 0 Å². The first-order valence-corrected chi connectivity index (χ1v) is 3.92. The van der Waals surface area contributed by atoms with Crippen LogP contribution in [0.3, 0.4) is 0 Å². The molecule has 0 aliphatic rings. The Balaban J connectivity index is 0. The molecule has 76 valence electrons.